The van der Waals surface area contributed by atoms with Crippen LogP contribution in [0.1, 0.15) is 26.3 Å². The zero-order valence-electron chi connectivity index (χ0n) is 16.9. The first-order valence-corrected chi connectivity index (χ1v) is 10.0. The number of hydrogen-bond donors (Lipinski definition) is 2. The van der Waals surface area contributed by atoms with E-state index in [1.165, 1.54) is 0 Å². The van der Waals surface area contributed by atoms with Crippen LogP contribution in [0.5, 0.6) is 0 Å². The molecular formula is C25H22N4O2. The minimum absolute atomic E-state index is 0.221. The molecule has 0 radical (unpaired) electrons. The Bertz CT molecular complexity index is 1150. The minimum atomic E-state index is -0.281. The summed E-state index contributed by atoms with van der Waals surface area (Å²) in [4.78, 5) is 25.4. The minimum Gasteiger partial charge on any atom is -0.352 e. The van der Waals surface area contributed by atoms with E-state index in [0.717, 1.165) is 17.7 Å². The first-order valence-electron chi connectivity index (χ1n) is 10.0. The van der Waals surface area contributed by atoms with E-state index in [9.17, 15) is 9.59 Å². The van der Waals surface area contributed by atoms with Gasteiger partial charge in [-0.25, -0.2) is 4.68 Å². The Morgan fingerprint density at radius 1 is 0.806 bits per heavy atom. The molecule has 2 amide bonds. The lowest BCUT2D eigenvalue weighted by Gasteiger charge is -2.12. The fourth-order valence-corrected chi connectivity index (χ4v) is 3.23. The molecule has 0 aliphatic heterocycles. The fraction of sp³-hybridized carbons (Fsp3) is 0.0800. The van der Waals surface area contributed by atoms with Crippen molar-refractivity contribution < 1.29 is 9.59 Å². The maximum Gasteiger partial charge on any atom is 0.255 e. The van der Waals surface area contributed by atoms with E-state index >= 15 is 0 Å². The molecule has 0 aliphatic carbocycles. The Morgan fingerprint density at radius 3 is 2.29 bits per heavy atom. The third-order valence-electron chi connectivity index (χ3n) is 4.86. The summed E-state index contributed by atoms with van der Waals surface area (Å²) in [6.07, 6.45) is 4.27. The summed E-state index contributed by atoms with van der Waals surface area (Å²) in [5, 5.41) is 9.95. The molecule has 0 fully saturated rings. The van der Waals surface area contributed by atoms with Crippen molar-refractivity contribution in [2.45, 2.75) is 6.42 Å². The lowest BCUT2D eigenvalue weighted by molar-refractivity contribution is 0.0955. The smallest absolute Gasteiger partial charge is 0.255 e. The number of hydrogen-bond acceptors (Lipinski definition) is 3. The molecule has 0 atom stereocenters. The van der Waals surface area contributed by atoms with E-state index in [-0.39, 0.29) is 11.8 Å². The van der Waals surface area contributed by atoms with E-state index in [2.05, 4.69) is 15.7 Å². The number of carbonyl (C=O) groups excluding carboxylic acids is 2. The molecule has 3 aromatic carbocycles. The van der Waals surface area contributed by atoms with Gasteiger partial charge in [-0.3, -0.25) is 9.59 Å². The molecule has 6 heteroatoms. The molecular weight excluding hydrogens is 388 g/mol. The lowest BCUT2D eigenvalue weighted by Crippen LogP contribution is -2.27. The Labute approximate surface area is 180 Å². The van der Waals surface area contributed by atoms with Gasteiger partial charge in [0, 0.05) is 24.5 Å². The summed E-state index contributed by atoms with van der Waals surface area (Å²) < 4.78 is 1.72. The maximum atomic E-state index is 12.7. The van der Waals surface area contributed by atoms with E-state index < -0.39 is 0 Å². The predicted octanol–water partition coefficient (Wildman–Crippen LogP) is 4.10. The molecule has 0 saturated heterocycles. The molecule has 0 aliphatic rings. The number of amides is 2. The molecule has 2 N–H and O–H groups in total. The third-order valence-corrected chi connectivity index (χ3v) is 4.86. The van der Waals surface area contributed by atoms with Crippen LogP contribution in [0.4, 0.5) is 5.69 Å². The summed E-state index contributed by atoms with van der Waals surface area (Å²) in [5.41, 5.74) is 3.41. The molecule has 4 rings (SSSR count). The third kappa shape index (κ3) is 5.05. The summed E-state index contributed by atoms with van der Waals surface area (Å²) in [7, 11) is 0. The Hall–Kier alpha value is -4.19. The number of anilines is 1. The van der Waals surface area contributed by atoms with Gasteiger partial charge < -0.3 is 10.6 Å². The van der Waals surface area contributed by atoms with Gasteiger partial charge in [0.15, 0.2) is 0 Å². The van der Waals surface area contributed by atoms with E-state index in [0.29, 0.717) is 23.4 Å². The second-order valence-electron chi connectivity index (χ2n) is 6.99. The maximum absolute atomic E-state index is 12.7. The number of aromatic nitrogens is 2. The SMILES string of the molecule is O=C(Nc1ccccc1C(=O)NCCc1ccccc1)c1ccc(-n2cccn2)cc1. The van der Waals surface area contributed by atoms with Gasteiger partial charge >= 0.3 is 0 Å². The zero-order chi connectivity index (χ0) is 21.5. The molecule has 154 valence electrons. The zero-order valence-corrected chi connectivity index (χ0v) is 16.9. The number of carbonyl (C=O) groups is 2. The second kappa shape index (κ2) is 9.54. The predicted molar refractivity (Wildman–Crippen MR) is 120 cm³/mol. The van der Waals surface area contributed by atoms with Gasteiger partial charge in [0.1, 0.15) is 0 Å². The molecule has 31 heavy (non-hydrogen) atoms. The molecule has 0 spiro atoms. The van der Waals surface area contributed by atoms with Crippen LogP contribution >= 0.6 is 0 Å². The Balaban J connectivity index is 1.40. The summed E-state index contributed by atoms with van der Waals surface area (Å²) in [5.74, 6) is -0.502. The largest absolute Gasteiger partial charge is 0.352 e. The number of nitrogens with one attached hydrogen (secondary N) is 2. The van der Waals surface area contributed by atoms with Gasteiger partial charge in [-0.2, -0.15) is 5.10 Å². The Morgan fingerprint density at radius 2 is 1.55 bits per heavy atom. The Kier molecular flexibility index (Phi) is 6.18. The van der Waals surface area contributed by atoms with Crippen LogP contribution in [0.2, 0.25) is 0 Å². The summed E-state index contributed by atoms with van der Waals surface area (Å²) in [6, 6.07) is 25.9. The molecule has 0 unspecified atom stereocenters. The van der Waals surface area contributed by atoms with Crippen LogP contribution in [-0.2, 0) is 6.42 Å². The molecule has 0 saturated carbocycles. The highest BCUT2D eigenvalue weighted by Crippen LogP contribution is 2.17. The molecule has 1 aromatic heterocycles. The summed E-state index contributed by atoms with van der Waals surface area (Å²) >= 11 is 0. The average Bonchev–Trinajstić information content (AvgIpc) is 3.35. The normalized spacial score (nSPS) is 10.5. The molecule has 6 nitrogen and oxygen atoms in total. The molecule has 0 bridgehead atoms. The average molecular weight is 410 g/mol. The van der Waals surface area contributed by atoms with Crippen molar-refractivity contribution in [2.24, 2.45) is 0 Å². The van der Waals surface area contributed by atoms with Gasteiger partial charge in [0.25, 0.3) is 11.8 Å². The van der Waals surface area contributed by atoms with Gasteiger partial charge in [0.2, 0.25) is 0 Å². The van der Waals surface area contributed by atoms with Gasteiger partial charge in [-0.05, 0) is 54.4 Å². The highest BCUT2D eigenvalue weighted by atomic mass is 16.2. The number of rotatable bonds is 7. The van der Waals surface area contributed by atoms with Crippen LogP contribution in [0.15, 0.2) is 97.3 Å². The van der Waals surface area contributed by atoms with E-state index in [4.69, 9.17) is 0 Å². The van der Waals surface area contributed by atoms with Crippen molar-refractivity contribution >= 4 is 17.5 Å². The van der Waals surface area contributed by atoms with Crippen molar-refractivity contribution in [1.82, 2.24) is 15.1 Å². The van der Waals surface area contributed by atoms with Gasteiger partial charge in [-0.1, -0.05) is 42.5 Å². The van der Waals surface area contributed by atoms with Crippen molar-refractivity contribution in [2.75, 3.05) is 11.9 Å². The number of benzene rings is 3. The first-order chi connectivity index (χ1) is 15.2. The van der Waals surface area contributed by atoms with Crippen LogP contribution < -0.4 is 10.6 Å². The van der Waals surface area contributed by atoms with Crippen LogP contribution in [0, 0.1) is 0 Å². The number of nitrogens with zero attached hydrogens (tertiary/aromatic N) is 2. The van der Waals surface area contributed by atoms with Crippen molar-refractivity contribution in [3.05, 3.63) is 114 Å². The monoisotopic (exact) mass is 410 g/mol. The van der Waals surface area contributed by atoms with Crippen LogP contribution in [0.25, 0.3) is 5.69 Å². The van der Waals surface area contributed by atoms with Crippen molar-refractivity contribution in [1.29, 1.82) is 0 Å². The quantitative estimate of drug-likeness (QED) is 0.482. The van der Waals surface area contributed by atoms with Crippen LogP contribution in [0.3, 0.4) is 0 Å². The highest BCUT2D eigenvalue weighted by molar-refractivity contribution is 6.09. The lowest BCUT2D eigenvalue weighted by atomic mass is 10.1. The van der Waals surface area contributed by atoms with Gasteiger partial charge in [0.05, 0.1) is 16.9 Å². The molecule has 1 heterocycles. The number of para-hydroxylation sites is 1. The topological polar surface area (TPSA) is 76.0 Å². The fourth-order valence-electron chi connectivity index (χ4n) is 3.23. The highest BCUT2D eigenvalue weighted by Gasteiger charge is 2.14. The van der Waals surface area contributed by atoms with Crippen molar-refractivity contribution in [3.8, 4) is 5.69 Å². The van der Waals surface area contributed by atoms with Gasteiger partial charge in [-0.15, -0.1) is 0 Å². The van der Waals surface area contributed by atoms with Crippen molar-refractivity contribution in [3.63, 3.8) is 0 Å². The first kappa shape index (κ1) is 20.1. The molecule has 4 aromatic rings. The van der Waals surface area contributed by atoms with E-state index in [1.807, 2.05) is 54.7 Å². The second-order valence-corrected chi connectivity index (χ2v) is 6.99. The standard InChI is InChI=1S/C25H22N4O2/c30-24(20-11-13-21(14-12-20)29-18-6-16-27-29)28-23-10-5-4-9-22(23)25(31)26-17-15-19-7-2-1-3-8-19/h1-14,16,18H,15,17H2,(H,26,31)(H,28,30). The van der Waals surface area contributed by atoms with E-state index in [1.54, 1.807) is 47.3 Å². The summed E-state index contributed by atoms with van der Waals surface area (Å²) in [6.45, 7) is 0.514. The van der Waals surface area contributed by atoms with Crippen LogP contribution in [-0.4, -0.2) is 28.1 Å².